The predicted octanol–water partition coefficient (Wildman–Crippen LogP) is 2.66. The van der Waals surface area contributed by atoms with Gasteiger partial charge in [-0.05, 0) is 79.5 Å². The summed E-state index contributed by atoms with van der Waals surface area (Å²) >= 11 is 0. The molecule has 2 aliphatic heterocycles. The summed E-state index contributed by atoms with van der Waals surface area (Å²) in [6.45, 7) is 2.22. The number of fused-ring (bicyclic) bond motifs is 1. The largest absolute Gasteiger partial charge is 0.505 e. The SMILES string of the molecule is NC(=O)c1c(CCCN2CCCC2=O)cccc1C(=O)NCCn1c(=O)c(C(=O)NCCCN2CCCC2=O)c(O)c2ncc(Cc3ccc(F)cc3)cc21. The molecule has 0 bridgehead atoms. The third-order valence-electron chi connectivity index (χ3n) is 10.1. The standard InChI is InChI=1S/C40H44FN7O7/c41-28-13-11-25(12-14-28)22-26-23-30-35(45-24-26)36(51)34(39(54)43-15-5-20-47-19-4-10-32(47)50)40(55)48(30)21-16-44-38(53)29-8-1-6-27(33(29)37(42)52)7-2-17-46-18-3-9-31(46)49/h1,6,8,11-14,23-24,51H,2-5,7,9-10,15-22H2,(H2,42,52)(H,43,54)(H,44,53). The van der Waals surface area contributed by atoms with Gasteiger partial charge in [0.1, 0.15) is 16.9 Å². The number of carbonyl (C=O) groups excluding carboxylic acids is 5. The normalized spacial score (nSPS) is 14.2. The van der Waals surface area contributed by atoms with E-state index in [0.717, 1.165) is 18.4 Å². The number of aromatic nitrogens is 2. The Hall–Kier alpha value is -6.12. The monoisotopic (exact) mass is 753 g/mol. The highest BCUT2D eigenvalue weighted by Gasteiger charge is 2.25. The van der Waals surface area contributed by atoms with Crippen LogP contribution in [0.5, 0.6) is 5.75 Å². The van der Waals surface area contributed by atoms with E-state index in [-0.39, 0.29) is 59.4 Å². The molecule has 0 saturated carbocycles. The van der Waals surface area contributed by atoms with Crippen LogP contribution in [-0.2, 0) is 29.0 Å². The average molecular weight is 754 g/mol. The smallest absolute Gasteiger partial charge is 0.267 e. The molecule has 5 amide bonds. The molecule has 2 aromatic carbocycles. The van der Waals surface area contributed by atoms with E-state index in [0.29, 0.717) is 75.8 Å². The highest BCUT2D eigenvalue weighted by Crippen LogP contribution is 2.26. The van der Waals surface area contributed by atoms with Crippen molar-refractivity contribution < 1.29 is 33.5 Å². The number of hydrogen-bond acceptors (Lipinski definition) is 8. The Kier molecular flexibility index (Phi) is 12.2. The maximum atomic E-state index is 14.0. The van der Waals surface area contributed by atoms with Crippen LogP contribution in [-0.4, -0.2) is 93.3 Å². The number of nitrogens with one attached hydrogen (secondary N) is 2. The van der Waals surface area contributed by atoms with Gasteiger partial charge in [-0.25, -0.2) is 4.39 Å². The summed E-state index contributed by atoms with van der Waals surface area (Å²) in [7, 11) is 0. The molecule has 2 fully saturated rings. The molecule has 0 radical (unpaired) electrons. The van der Waals surface area contributed by atoms with Crippen LogP contribution in [0.25, 0.3) is 11.0 Å². The van der Waals surface area contributed by atoms with Crippen LogP contribution >= 0.6 is 0 Å². The third kappa shape index (κ3) is 8.99. The summed E-state index contributed by atoms with van der Waals surface area (Å²) in [6.07, 6.45) is 5.91. The van der Waals surface area contributed by atoms with Crippen LogP contribution in [0.1, 0.15) is 86.3 Å². The van der Waals surface area contributed by atoms with Gasteiger partial charge in [0.2, 0.25) is 17.7 Å². The molecule has 0 spiro atoms. The van der Waals surface area contributed by atoms with Crippen LogP contribution in [0.2, 0.25) is 0 Å². The lowest BCUT2D eigenvalue weighted by atomic mass is 9.96. The van der Waals surface area contributed by atoms with E-state index in [1.807, 2.05) is 0 Å². The molecule has 4 heterocycles. The quantitative estimate of drug-likeness (QED) is 0.125. The Labute approximate surface area is 316 Å². The number of hydrogen-bond donors (Lipinski definition) is 4. The van der Waals surface area contributed by atoms with Gasteiger partial charge in [0.15, 0.2) is 5.75 Å². The topological polar surface area (TPSA) is 197 Å². The second-order valence-electron chi connectivity index (χ2n) is 13.8. The van der Waals surface area contributed by atoms with E-state index < -0.39 is 34.6 Å². The van der Waals surface area contributed by atoms with E-state index in [9.17, 15) is 38.3 Å². The maximum Gasteiger partial charge on any atom is 0.267 e. The zero-order valence-corrected chi connectivity index (χ0v) is 30.4. The van der Waals surface area contributed by atoms with Crippen molar-refractivity contribution in [2.45, 2.75) is 57.9 Å². The number of halogens is 1. The number of rotatable bonds is 16. The lowest BCUT2D eigenvalue weighted by Gasteiger charge is -2.18. The molecule has 0 unspecified atom stereocenters. The van der Waals surface area contributed by atoms with E-state index in [2.05, 4.69) is 15.6 Å². The van der Waals surface area contributed by atoms with Crippen molar-refractivity contribution in [2.24, 2.45) is 5.73 Å². The molecular formula is C40H44FN7O7. The van der Waals surface area contributed by atoms with Crippen molar-refractivity contribution in [1.82, 2.24) is 30.0 Å². The van der Waals surface area contributed by atoms with Gasteiger partial charge < -0.3 is 35.8 Å². The van der Waals surface area contributed by atoms with Gasteiger partial charge in [-0.15, -0.1) is 0 Å². The van der Waals surface area contributed by atoms with Crippen molar-refractivity contribution in [3.05, 3.63) is 104 Å². The molecular weight excluding hydrogens is 709 g/mol. The molecule has 0 atom stereocenters. The Bertz CT molecular complexity index is 2190. The van der Waals surface area contributed by atoms with Crippen LogP contribution in [0.3, 0.4) is 0 Å². The highest BCUT2D eigenvalue weighted by molar-refractivity contribution is 6.07. The van der Waals surface area contributed by atoms with Gasteiger partial charge in [0.05, 0.1) is 16.6 Å². The first-order valence-electron chi connectivity index (χ1n) is 18.5. The Morgan fingerprint density at radius 1 is 0.818 bits per heavy atom. The van der Waals surface area contributed by atoms with E-state index in [1.165, 1.54) is 29.0 Å². The Morgan fingerprint density at radius 3 is 2.15 bits per heavy atom. The minimum absolute atomic E-state index is 0.0130. The zero-order chi connectivity index (χ0) is 39.1. The van der Waals surface area contributed by atoms with Crippen molar-refractivity contribution in [1.29, 1.82) is 0 Å². The Balaban J connectivity index is 1.22. The number of likely N-dealkylation sites (tertiary alicyclic amines) is 2. The molecule has 5 N–H and O–H groups in total. The second-order valence-corrected chi connectivity index (χ2v) is 13.8. The lowest BCUT2D eigenvalue weighted by molar-refractivity contribution is -0.128. The Morgan fingerprint density at radius 2 is 1.49 bits per heavy atom. The lowest BCUT2D eigenvalue weighted by Crippen LogP contribution is -2.37. The van der Waals surface area contributed by atoms with Crippen LogP contribution in [0.4, 0.5) is 4.39 Å². The van der Waals surface area contributed by atoms with Gasteiger partial charge in [-0.2, -0.15) is 0 Å². The summed E-state index contributed by atoms with van der Waals surface area (Å²) in [5.41, 5.74) is 6.74. The summed E-state index contributed by atoms with van der Waals surface area (Å²) in [6, 6.07) is 12.4. The summed E-state index contributed by atoms with van der Waals surface area (Å²) in [4.78, 5) is 85.4. The van der Waals surface area contributed by atoms with Crippen LogP contribution in [0, 0.1) is 5.82 Å². The van der Waals surface area contributed by atoms with Crippen molar-refractivity contribution in [2.75, 3.05) is 39.3 Å². The van der Waals surface area contributed by atoms with Gasteiger partial charge >= 0.3 is 0 Å². The third-order valence-corrected chi connectivity index (χ3v) is 10.1. The molecule has 6 rings (SSSR count). The first-order valence-corrected chi connectivity index (χ1v) is 18.5. The highest BCUT2D eigenvalue weighted by atomic mass is 19.1. The maximum absolute atomic E-state index is 14.0. The summed E-state index contributed by atoms with van der Waals surface area (Å²) < 4.78 is 14.8. The summed E-state index contributed by atoms with van der Waals surface area (Å²) in [5, 5.41) is 16.7. The number of amides is 5. The van der Waals surface area contributed by atoms with E-state index in [1.54, 1.807) is 40.1 Å². The molecule has 2 saturated heterocycles. The predicted molar refractivity (Wildman–Crippen MR) is 201 cm³/mol. The number of carbonyl (C=O) groups is 5. The van der Waals surface area contributed by atoms with Gasteiger partial charge in [-0.1, -0.05) is 24.3 Å². The van der Waals surface area contributed by atoms with Gasteiger partial charge in [0, 0.05) is 64.9 Å². The van der Waals surface area contributed by atoms with Crippen molar-refractivity contribution >= 4 is 40.6 Å². The first kappa shape index (κ1) is 38.6. The number of aromatic hydroxyl groups is 1. The minimum atomic E-state index is -0.816. The number of pyridine rings is 2. The molecule has 4 aromatic rings. The average Bonchev–Trinajstić information content (AvgIpc) is 3.78. The number of aryl methyl sites for hydroxylation is 1. The fourth-order valence-corrected chi connectivity index (χ4v) is 7.28. The molecule has 14 nitrogen and oxygen atoms in total. The van der Waals surface area contributed by atoms with Gasteiger partial charge in [0.25, 0.3) is 17.4 Å². The van der Waals surface area contributed by atoms with E-state index in [4.69, 9.17) is 5.73 Å². The molecule has 288 valence electrons. The molecule has 0 aliphatic carbocycles. The van der Waals surface area contributed by atoms with Gasteiger partial charge in [-0.3, -0.25) is 33.8 Å². The second kappa shape index (κ2) is 17.3. The fourth-order valence-electron chi connectivity index (χ4n) is 7.28. The van der Waals surface area contributed by atoms with Crippen LogP contribution in [0.15, 0.2) is 59.5 Å². The number of nitrogens with two attached hydrogens (primary N) is 1. The summed E-state index contributed by atoms with van der Waals surface area (Å²) in [5.74, 6) is -3.03. The number of nitrogens with zero attached hydrogens (tertiary/aromatic N) is 4. The van der Waals surface area contributed by atoms with Crippen LogP contribution < -0.4 is 21.9 Å². The molecule has 55 heavy (non-hydrogen) atoms. The molecule has 2 aromatic heterocycles. The van der Waals surface area contributed by atoms with Crippen molar-refractivity contribution in [3.8, 4) is 5.75 Å². The minimum Gasteiger partial charge on any atom is -0.505 e. The zero-order valence-electron chi connectivity index (χ0n) is 30.4. The van der Waals surface area contributed by atoms with E-state index >= 15 is 0 Å². The number of benzene rings is 2. The fraction of sp³-hybridized carbons (Fsp3) is 0.375. The first-order chi connectivity index (χ1) is 26.5. The van der Waals surface area contributed by atoms with Crippen molar-refractivity contribution in [3.63, 3.8) is 0 Å². The molecule has 15 heteroatoms. The molecule has 2 aliphatic rings. The number of primary amides is 1.